The quantitative estimate of drug-likeness (QED) is 0.783. The lowest BCUT2D eigenvalue weighted by atomic mass is 10.2. The summed E-state index contributed by atoms with van der Waals surface area (Å²) in [7, 11) is 1.80. The second-order valence-corrected chi connectivity index (χ2v) is 4.89. The molecule has 1 unspecified atom stereocenters. The van der Waals surface area contributed by atoms with Crippen LogP contribution in [0, 0.1) is 0 Å². The molecular weight excluding hydrogens is 230 g/mol. The standard InChI is InChI=1S/C13H19N3O2/c1-9-7-16(5-4-14-9)13(18)12-6-11(10(2)17)8-15(12)3/h6,8-9,14H,4-5,7H2,1-3H3. The summed E-state index contributed by atoms with van der Waals surface area (Å²) in [6.45, 7) is 5.81. The van der Waals surface area contributed by atoms with Crippen LogP contribution in [-0.4, -0.2) is 46.8 Å². The zero-order valence-corrected chi connectivity index (χ0v) is 11.1. The van der Waals surface area contributed by atoms with Crippen LogP contribution in [0.2, 0.25) is 0 Å². The summed E-state index contributed by atoms with van der Waals surface area (Å²) in [4.78, 5) is 25.5. The molecule has 2 rings (SSSR count). The van der Waals surface area contributed by atoms with Crippen LogP contribution in [0.3, 0.4) is 0 Å². The van der Waals surface area contributed by atoms with Gasteiger partial charge in [-0.2, -0.15) is 0 Å². The van der Waals surface area contributed by atoms with Crippen LogP contribution in [0.4, 0.5) is 0 Å². The van der Waals surface area contributed by atoms with Crippen LogP contribution in [0.25, 0.3) is 0 Å². The average molecular weight is 249 g/mol. The van der Waals surface area contributed by atoms with Crippen molar-refractivity contribution in [3.05, 3.63) is 23.5 Å². The van der Waals surface area contributed by atoms with E-state index in [2.05, 4.69) is 12.2 Å². The summed E-state index contributed by atoms with van der Waals surface area (Å²) in [6.07, 6.45) is 1.71. The van der Waals surface area contributed by atoms with E-state index in [0.717, 1.165) is 6.54 Å². The summed E-state index contributed by atoms with van der Waals surface area (Å²) >= 11 is 0. The Morgan fingerprint density at radius 3 is 2.72 bits per heavy atom. The predicted octanol–water partition coefficient (Wildman–Crippen LogP) is 0.662. The van der Waals surface area contributed by atoms with E-state index in [9.17, 15) is 9.59 Å². The molecule has 1 aliphatic heterocycles. The van der Waals surface area contributed by atoms with E-state index in [1.807, 2.05) is 4.90 Å². The zero-order valence-electron chi connectivity index (χ0n) is 11.1. The third-order valence-corrected chi connectivity index (χ3v) is 3.29. The molecule has 0 aliphatic carbocycles. The van der Waals surface area contributed by atoms with E-state index in [0.29, 0.717) is 30.4 Å². The summed E-state index contributed by atoms with van der Waals surface area (Å²) in [5, 5.41) is 3.30. The highest BCUT2D eigenvalue weighted by Gasteiger charge is 2.24. The van der Waals surface area contributed by atoms with Crippen molar-refractivity contribution in [3.63, 3.8) is 0 Å². The van der Waals surface area contributed by atoms with E-state index in [4.69, 9.17) is 0 Å². The lowest BCUT2D eigenvalue weighted by Crippen LogP contribution is -2.51. The molecule has 1 atom stereocenters. The zero-order chi connectivity index (χ0) is 13.3. The number of piperazine rings is 1. The minimum absolute atomic E-state index is 0.00153. The highest BCUT2D eigenvalue weighted by molar-refractivity contribution is 5.99. The van der Waals surface area contributed by atoms with Crippen molar-refractivity contribution in [3.8, 4) is 0 Å². The molecule has 1 aliphatic rings. The molecule has 98 valence electrons. The van der Waals surface area contributed by atoms with Gasteiger partial charge in [-0.15, -0.1) is 0 Å². The number of nitrogens with zero attached hydrogens (tertiary/aromatic N) is 2. The van der Waals surface area contributed by atoms with Gasteiger partial charge in [0, 0.05) is 44.5 Å². The summed E-state index contributed by atoms with van der Waals surface area (Å²) in [5.41, 5.74) is 1.17. The molecule has 0 bridgehead atoms. The van der Waals surface area contributed by atoms with Gasteiger partial charge in [-0.3, -0.25) is 9.59 Å². The molecule has 1 aromatic rings. The second kappa shape index (κ2) is 4.94. The molecule has 1 saturated heterocycles. The molecule has 0 aromatic carbocycles. The first-order valence-electron chi connectivity index (χ1n) is 6.19. The van der Waals surface area contributed by atoms with Gasteiger partial charge in [0.15, 0.2) is 5.78 Å². The number of rotatable bonds is 2. The van der Waals surface area contributed by atoms with Gasteiger partial charge in [0.05, 0.1) is 0 Å². The topological polar surface area (TPSA) is 54.3 Å². The molecule has 1 N–H and O–H groups in total. The van der Waals surface area contributed by atoms with Crippen LogP contribution >= 0.6 is 0 Å². The van der Waals surface area contributed by atoms with E-state index in [-0.39, 0.29) is 11.7 Å². The molecule has 18 heavy (non-hydrogen) atoms. The number of carbonyl (C=O) groups is 2. The third kappa shape index (κ3) is 2.46. The first-order valence-corrected chi connectivity index (χ1v) is 6.19. The molecule has 2 heterocycles. The first-order chi connectivity index (χ1) is 8.49. The van der Waals surface area contributed by atoms with Crippen molar-refractivity contribution in [1.82, 2.24) is 14.8 Å². The van der Waals surface area contributed by atoms with E-state index >= 15 is 0 Å². The smallest absolute Gasteiger partial charge is 0.270 e. The minimum Gasteiger partial charge on any atom is -0.346 e. The van der Waals surface area contributed by atoms with Crippen LogP contribution in [0.5, 0.6) is 0 Å². The first kappa shape index (κ1) is 12.8. The number of aryl methyl sites for hydroxylation is 1. The highest BCUT2D eigenvalue weighted by Crippen LogP contribution is 2.12. The van der Waals surface area contributed by atoms with Crippen molar-refractivity contribution < 1.29 is 9.59 Å². The number of amides is 1. The van der Waals surface area contributed by atoms with Crippen molar-refractivity contribution in [2.24, 2.45) is 7.05 Å². The van der Waals surface area contributed by atoms with Crippen LogP contribution in [0.1, 0.15) is 34.7 Å². The fraction of sp³-hybridized carbons (Fsp3) is 0.538. The Labute approximate surface area is 107 Å². The predicted molar refractivity (Wildman–Crippen MR) is 68.8 cm³/mol. The van der Waals surface area contributed by atoms with Gasteiger partial charge in [0.2, 0.25) is 0 Å². The highest BCUT2D eigenvalue weighted by atomic mass is 16.2. The molecule has 5 nitrogen and oxygen atoms in total. The number of hydrogen-bond acceptors (Lipinski definition) is 3. The van der Waals surface area contributed by atoms with Crippen molar-refractivity contribution >= 4 is 11.7 Å². The fourth-order valence-electron chi connectivity index (χ4n) is 2.25. The average Bonchev–Trinajstić information content (AvgIpc) is 2.70. The number of ketones is 1. The van der Waals surface area contributed by atoms with Gasteiger partial charge in [0.1, 0.15) is 5.69 Å². The molecule has 1 amide bonds. The number of nitrogens with one attached hydrogen (secondary N) is 1. The van der Waals surface area contributed by atoms with Gasteiger partial charge < -0.3 is 14.8 Å². The molecule has 0 saturated carbocycles. The van der Waals surface area contributed by atoms with E-state index in [1.165, 1.54) is 6.92 Å². The van der Waals surface area contributed by atoms with Gasteiger partial charge in [-0.05, 0) is 19.9 Å². The van der Waals surface area contributed by atoms with E-state index in [1.54, 1.807) is 23.9 Å². The van der Waals surface area contributed by atoms with Crippen LogP contribution < -0.4 is 5.32 Å². The Hall–Kier alpha value is -1.62. The lowest BCUT2D eigenvalue weighted by molar-refractivity contribution is 0.0699. The second-order valence-electron chi connectivity index (χ2n) is 4.89. The van der Waals surface area contributed by atoms with Gasteiger partial charge in [0.25, 0.3) is 5.91 Å². The largest absolute Gasteiger partial charge is 0.346 e. The molecule has 1 fully saturated rings. The fourth-order valence-corrected chi connectivity index (χ4v) is 2.25. The normalized spacial score (nSPS) is 19.9. The Balaban J connectivity index is 2.20. The van der Waals surface area contributed by atoms with Crippen molar-refractivity contribution in [1.29, 1.82) is 0 Å². The van der Waals surface area contributed by atoms with Crippen molar-refractivity contribution in [2.75, 3.05) is 19.6 Å². The summed E-state index contributed by atoms with van der Waals surface area (Å²) in [5.74, 6) is -0.0170. The maximum absolute atomic E-state index is 12.4. The number of carbonyl (C=O) groups excluding carboxylic acids is 2. The maximum atomic E-state index is 12.4. The Morgan fingerprint density at radius 1 is 1.44 bits per heavy atom. The molecule has 0 spiro atoms. The Bertz CT molecular complexity index is 479. The Morgan fingerprint density at radius 2 is 2.17 bits per heavy atom. The third-order valence-electron chi connectivity index (χ3n) is 3.29. The van der Waals surface area contributed by atoms with E-state index < -0.39 is 0 Å². The number of aromatic nitrogens is 1. The Kier molecular flexibility index (Phi) is 3.52. The SMILES string of the molecule is CC(=O)c1cc(C(=O)N2CCNC(C)C2)n(C)c1. The van der Waals surface area contributed by atoms with Crippen LogP contribution in [0.15, 0.2) is 12.3 Å². The number of hydrogen-bond donors (Lipinski definition) is 1. The van der Waals surface area contributed by atoms with Gasteiger partial charge >= 0.3 is 0 Å². The van der Waals surface area contributed by atoms with Crippen LogP contribution in [-0.2, 0) is 7.05 Å². The molecular formula is C13H19N3O2. The van der Waals surface area contributed by atoms with Crippen molar-refractivity contribution in [2.45, 2.75) is 19.9 Å². The number of Topliss-reactive ketones (excluding diaryl/α,β-unsaturated/α-hetero) is 1. The lowest BCUT2D eigenvalue weighted by Gasteiger charge is -2.31. The molecule has 0 radical (unpaired) electrons. The molecule has 5 heteroatoms. The maximum Gasteiger partial charge on any atom is 0.270 e. The van der Waals surface area contributed by atoms with Gasteiger partial charge in [-0.25, -0.2) is 0 Å². The molecule has 1 aromatic heterocycles. The van der Waals surface area contributed by atoms with Gasteiger partial charge in [-0.1, -0.05) is 0 Å². The summed E-state index contributed by atoms with van der Waals surface area (Å²) in [6, 6.07) is 1.99. The minimum atomic E-state index is -0.0154. The monoisotopic (exact) mass is 249 g/mol. The summed E-state index contributed by atoms with van der Waals surface area (Å²) < 4.78 is 1.73.